The van der Waals surface area contributed by atoms with Crippen molar-refractivity contribution in [3.63, 3.8) is 0 Å². The van der Waals surface area contributed by atoms with Crippen LogP contribution in [0.4, 0.5) is 0 Å². The average Bonchev–Trinajstić information content (AvgIpc) is 2.68. The fourth-order valence-electron chi connectivity index (χ4n) is 2.96. The Morgan fingerprint density at radius 3 is 2.32 bits per heavy atom. The minimum absolute atomic E-state index is 0.00443. The number of hydrogen-bond acceptors (Lipinski definition) is 4. The van der Waals surface area contributed by atoms with Gasteiger partial charge in [-0.25, -0.2) is 8.42 Å². The topological polar surface area (TPSA) is 78.2 Å². The van der Waals surface area contributed by atoms with Gasteiger partial charge < -0.3 is 4.90 Å². The van der Waals surface area contributed by atoms with Crippen LogP contribution in [0.2, 0.25) is 0 Å². The van der Waals surface area contributed by atoms with Crippen LogP contribution in [0.3, 0.4) is 0 Å². The lowest BCUT2D eigenvalue weighted by molar-refractivity contribution is -0.129. The number of sulfone groups is 1. The van der Waals surface area contributed by atoms with Crippen molar-refractivity contribution in [2.75, 3.05) is 18.1 Å². The Morgan fingerprint density at radius 1 is 1.04 bits per heavy atom. The summed E-state index contributed by atoms with van der Waals surface area (Å²) in [4.78, 5) is 14.2. The first kappa shape index (κ1) is 21.6. The molecular weight excluding hydrogens is 372 g/mol. The van der Waals surface area contributed by atoms with Gasteiger partial charge in [0.15, 0.2) is 9.84 Å². The summed E-state index contributed by atoms with van der Waals surface area (Å²) in [5.74, 6) is -0.825. The Balaban J connectivity index is 1.92. The summed E-state index contributed by atoms with van der Waals surface area (Å²) < 4.78 is 24.8. The summed E-state index contributed by atoms with van der Waals surface area (Å²) in [7, 11) is -3.45. The second kappa shape index (κ2) is 10.6. The summed E-state index contributed by atoms with van der Waals surface area (Å²) in [6, 6.07) is 18.8. The SMILES string of the molecule is CCCN(Cc1ccc(C#N)cc1)C(=O)CS(=O)(=O)CCCc1ccccc1. The minimum atomic E-state index is -3.45. The molecule has 0 saturated carbocycles. The fourth-order valence-corrected chi connectivity index (χ4v) is 4.25. The molecule has 5 nitrogen and oxygen atoms in total. The molecule has 2 aromatic rings. The first-order chi connectivity index (χ1) is 13.4. The summed E-state index contributed by atoms with van der Waals surface area (Å²) >= 11 is 0. The number of carbonyl (C=O) groups is 1. The Kier molecular flexibility index (Phi) is 8.21. The van der Waals surface area contributed by atoms with Gasteiger partial charge in [-0.05, 0) is 42.5 Å². The van der Waals surface area contributed by atoms with E-state index in [-0.39, 0.29) is 11.7 Å². The number of nitriles is 1. The van der Waals surface area contributed by atoms with Gasteiger partial charge >= 0.3 is 0 Å². The highest BCUT2D eigenvalue weighted by Crippen LogP contribution is 2.10. The van der Waals surface area contributed by atoms with Gasteiger partial charge in [0, 0.05) is 13.1 Å². The average molecular weight is 399 g/mol. The summed E-state index contributed by atoms with van der Waals surface area (Å²) in [6.07, 6.45) is 1.93. The number of aryl methyl sites for hydroxylation is 1. The van der Waals surface area contributed by atoms with Crippen molar-refractivity contribution >= 4 is 15.7 Å². The molecule has 28 heavy (non-hydrogen) atoms. The van der Waals surface area contributed by atoms with Gasteiger partial charge in [0.25, 0.3) is 0 Å². The van der Waals surface area contributed by atoms with Crippen LogP contribution in [0.15, 0.2) is 54.6 Å². The van der Waals surface area contributed by atoms with Gasteiger partial charge in [-0.2, -0.15) is 5.26 Å². The molecule has 0 aromatic heterocycles. The fraction of sp³-hybridized carbons (Fsp3) is 0.364. The van der Waals surface area contributed by atoms with E-state index >= 15 is 0 Å². The van der Waals surface area contributed by atoms with Crippen LogP contribution in [0.5, 0.6) is 0 Å². The third kappa shape index (κ3) is 7.16. The molecule has 0 atom stereocenters. The van der Waals surface area contributed by atoms with Crippen LogP contribution in [-0.2, 0) is 27.6 Å². The number of carbonyl (C=O) groups excluding carboxylic acids is 1. The van der Waals surface area contributed by atoms with E-state index in [1.54, 1.807) is 29.2 Å². The zero-order chi connectivity index (χ0) is 20.4. The maximum atomic E-state index is 12.6. The van der Waals surface area contributed by atoms with Crippen LogP contribution >= 0.6 is 0 Å². The van der Waals surface area contributed by atoms with Crippen molar-refractivity contribution in [2.45, 2.75) is 32.7 Å². The van der Waals surface area contributed by atoms with Gasteiger partial charge in [-0.1, -0.05) is 49.4 Å². The van der Waals surface area contributed by atoms with E-state index in [9.17, 15) is 13.2 Å². The number of rotatable bonds is 10. The highest BCUT2D eigenvalue weighted by Gasteiger charge is 2.21. The molecule has 0 aliphatic carbocycles. The molecule has 0 bridgehead atoms. The lowest BCUT2D eigenvalue weighted by Gasteiger charge is -2.22. The van der Waals surface area contributed by atoms with Crippen molar-refractivity contribution in [1.82, 2.24) is 4.90 Å². The molecule has 0 heterocycles. The van der Waals surface area contributed by atoms with Crippen LogP contribution in [0.1, 0.15) is 36.5 Å². The number of hydrogen-bond donors (Lipinski definition) is 0. The van der Waals surface area contributed by atoms with E-state index in [1.807, 2.05) is 37.3 Å². The largest absolute Gasteiger partial charge is 0.338 e. The molecule has 0 radical (unpaired) electrons. The van der Waals surface area contributed by atoms with E-state index in [1.165, 1.54) is 0 Å². The molecule has 0 saturated heterocycles. The third-order valence-corrected chi connectivity index (χ3v) is 6.01. The van der Waals surface area contributed by atoms with Crippen molar-refractivity contribution in [1.29, 1.82) is 5.26 Å². The normalized spacial score (nSPS) is 11.0. The van der Waals surface area contributed by atoms with Crippen molar-refractivity contribution in [3.8, 4) is 6.07 Å². The summed E-state index contributed by atoms with van der Waals surface area (Å²) in [5.41, 5.74) is 2.53. The molecule has 1 amide bonds. The quantitative estimate of drug-likeness (QED) is 0.615. The highest BCUT2D eigenvalue weighted by molar-refractivity contribution is 7.92. The number of benzene rings is 2. The van der Waals surface area contributed by atoms with Crippen molar-refractivity contribution in [2.24, 2.45) is 0 Å². The Bertz CT molecular complexity index is 901. The lowest BCUT2D eigenvalue weighted by Crippen LogP contribution is -2.36. The molecule has 148 valence electrons. The maximum Gasteiger partial charge on any atom is 0.238 e. The predicted molar refractivity (Wildman–Crippen MR) is 110 cm³/mol. The van der Waals surface area contributed by atoms with Crippen molar-refractivity contribution < 1.29 is 13.2 Å². The molecule has 6 heteroatoms. The zero-order valence-corrected chi connectivity index (χ0v) is 17.0. The molecule has 2 aromatic carbocycles. The van der Waals surface area contributed by atoms with Gasteiger partial charge in [0.1, 0.15) is 5.75 Å². The van der Waals surface area contributed by atoms with E-state index in [0.29, 0.717) is 31.5 Å². The molecule has 0 unspecified atom stereocenters. The van der Waals surface area contributed by atoms with Gasteiger partial charge in [0.2, 0.25) is 5.91 Å². The molecule has 0 spiro atoms. The Labute approximate surface area is 167 Å². The number of amides is 1. The number of nitrogens with zero attached hydrogens (tertiary/aromatic N) is 2. The molecule has 0 aliphatic rings. The monoisotopic (exact) mass is 398 g/mol. The molecule has 0 aliphatic heterocycles. The lowest BCUT2D eigenvalue weighted by atomic mass is 10.1. The van der Waals surface area contributed by atoms with E-state index in [4.69, 9.17) is 5.26 Å². The van der Waals surface area contributed by atoms with Crippen molar-refractivity contribution in [3.05, 3.63) is 71.3 Å². The van der Waals surface area contributed by atoms with Crippen LogP contribution in [0.25, 0.3) is 0 Å². The Hall–Kier alpha value is -2.65. The van der Waals surface area contributed by atoms with Crippen LogP contribution < -0.4 is 0 Å². The smallest absolute Gasteiger partial charge is 0.238 e. The first-order valence-corrected chi connectivity index (χ1v) is 11.3. The summed E-state index contributed by atoms with van der Waals surface area (Å²) in [5, 5.41) is 8.87. The zero-order valence-electron chi connectivity index (χ0n) is 16.2. The summed E-state index contributed by atoms with van der Waals surface area (Å²) in [6.45, 7) is 2.80. The first-order valence-electron chi connectivity index (χ1n) is 9.44. The molecule has 2 rings (SSSR count). The third-order valence-electron chi connectivity index (χ3n) is 4.41. The van der Waals surface area contributed by atoms with E-state index in [0.717, 1.165) is 17.5 Å². The maximum absolute atomic E-state index is 12.6. The Morgan fingerprint density at radius 2 is 1.71 bits per heavy atom. The van der Waals surface area contributed by atoms with E-state index < -0.39 is 15.6 Å². The van der Waals surface area contributed by atoms with Crippen LogP contribution in [-0.4, -0.2) is 37.3 Å². The molecule has 0 N–H and O–H groups in total. The van der Waals surface area contributed by atoms with Gasteiger partial charge in [-0.15, -0.1) is 0 Å². The van der Waals surface area contributed by atoms with Crippen LogP contribution in [0, 0.1) is 11.3 Å². The van der Waals surface area contributed by atoms with E-state index in [2.05, 4.69) is 6.07 Å². The van der Waals surface area contributed by atoms with Gasteiger partial charge in [0.05, 0.1) is 17.4 Å². The predicted octanol–water partition coefficient (Wildman–Crippen LogP) is 3.34. The molecular formula is C22H26N2O3S. The second-order valence-electron chi connectivity index (χ2n) is 6.81. The molecule has 0 fully saturated rings. The van der Waals surface area contributed by atoms with Gasteiger partial charge in [-0.3, -0.25) is 4.79 Å². The highest BCUT2D eigenvalue weighted by atomic mass is 32.2. The minimum Gasteiger partial charge on any atom is -0.338 e. The standard InChI is InChI=1S/C22H26N2O3S/c1-2-14-24(17-21-12-10-20(16-23)11-13-21)22(25)18-28(26,27)15-6-9-19-7-4-3-5-8-19/h3-5,7-8,10-13H,2,6,9,14-15,17-18H2,1H3. The second-order valence-corrected chi connectivity index (χ2v) is 8.99.